The molecule has 1 aliphatic heterocycles. The topological polar surface area (TPSA) is 64.3 Å². The first-order valence-corrected chi connectivity index (χ1v) is 6.60. The van der Waals surface area contributed by atoms with Crippen LogP contribution in [-0.2, 0) is 11.2 Å². The van der Waals surface area contributed by atoms with Crippen molar-refractivity contribution in [3.8, 4) is 0 Å². The highest BCUT2D eigenvalue weighted by Crippen LogP contribution is 2.23. The highest BCUT2D eigenvalue weighted by molar-refractivity contribution is 5.47. The summed E-state index contributed by atoms with van der Waals surface area (Å²) in [7, 11) is 1.75. The van der Waals surface area contributed by atoms with E-state index in [0.717, 1.165) is 50.6 Å². The molecule has 0 amide bonds. The Bertz CT molecular complexity index is 397. The first-order valence-electron chi connectivity index (χ1n) is 6.60. The molecule has 1 aromatic rings. The van der Waals surface area contributed by atoms with Gasteiger partial charge in [0.15, 0.2) is 0 Å². The molecular formula is C13H22N4O. The number of ether oxygens (including phenoxy) is 1. The van der Waals surface area contributed by atoms with Crippen LogP contribution in [0.5, 0.6) is 0 Å². The zero-order valence-corrected chi connectivity index (χ0v) is 11.2. The van der Waals surface area contributed by atoms with Crippen LogP contribution in [0.2, 0.25) is 0 Å². The van der Waals surface area contributed by atoms with Gasteiger partial charge < -0.3 is 15.4 Å². The van der Waals surface area contributed by atoms with Gasteiger partial charge in [-0.1, -0.05) is 6.92 Å². The molecule has 0 radical (unpaired) electrons. The van der Waals surface area contributed by atoms with Crippen molar-refractivity contribution in [2.45, 2.75) is 26.2 Å². The maximum absolute atomic E-state index is 5.85. The number of hydrogen-bond donors (Lipinski definition) is 1. The van der Waals surface area contributed by atoms with Gasteiger partial charge in [-0.05, 0) is 12.8 Å². The molecular weight excluding hydrogens is 228 g/mol. The zero-order valence-electron chi connectivity index (χ0n) is 11.2. The Morgan fingerprint density at radius 2 is 2.33 bits per heavy atom. The van der Waals surface area contributed by atoms with Gasteiger partial charge in [-0.3, -0.25) is 0 Å². The summed E-state index contributed by atoms with van der Waals surface area (Å²) in [4.78, 5) is 11.1. The van der Waals surface area contributed by atoms with Gasteiger partial charge in [0.1, 0.15) is 17.5 Å². The summed E-state index contributed by atoms with van der Waals surface area (Å²) in [5.74, 6) is 2.98. The van der Waals surface area contributed by atoms with Crippen LogP contribution >= 0.6 is 0 Å². The Hall–Kier alpha value is -1.36. The second-order valence-electron chi connectivity index (χ2n) is 4.87. The number of nitrogen functional groups attached to an aromatic ring is 1. The van der Waals surface area contributed by atoms with Crippen molar-refractivity contribution >= 4 is 11.6 Å². The third-order valence-electron chi connectivity index (χ3n) is 3.26. The SMILES string of the molecule is CCCc1nc(N)cc(N2CCC(COC)C2)n1. The third kappa shape index (κ3) is 3.10. The Morgan fingerprint density at radius 3 is 3.06 bits per heavy atom. The third-order valence-corrected chi connectivity index (χ3v) is 3.26. The van der Waals surface area contributed by atoms with E-state index in [1.54, 1.807) is 7.11 Å². The summed E-state index contributed by atoms with van der Waals surface area (Å²) < 4.78 is 5.21. The van der Waals surface area contributed by atoms with E-state index in [9.17, 15) is 0 Å². The summed E-state index contributed by atoms with van der Waals surface area (Å²) in [5, 5.41) is 0. The van der Waals surface area contributed by atoms with Crippen LogP contribution in [0.1, 0.15) is 25.6 Å². The Kier molecular flexibility index (Phi) is 4.36. The van der Waals surface area contributed by atoms with Crippen molar-refractivity contribution in [3.63, 3.8) is 0 Å². The summed E-state index contributed by atoms with van der Waals surface area (Å²) in [5.41, 5.74) is 5.85. The first-order chi connectivity index (χ1) is 8.72. The molecule has 1 saturated heterocycles. The van der Waals surface area contributed by atoms with Crippen molar-refractivity contribution < 1.29 is 4.74 Å². The monoisotopic (exact) mass is 250 g/mol. The van der Waals surface area contributed by atoms with Gasteiger partial charge in [0, 0.05) is 38.6 Å². The van der Waals surface area contributed by atoms with Gasteiger partial charge in [0.2, 0.25) is 0 Å². The van der Waals surface area contributed by atoms with E-state index in [-0.39, 0.29) is 0 Å². The van der Waals surface area contributed by atoms with Crippen molar-refractivity contribution in [2.24, 2.45) is 5.92 Å². The van der Waals surface area contributed by atoms with Crippen molar-refractivity contribution in [1.82, 2.24) is 9.97 Å². The van der Waals surface area contributed by atoms with Crippen LogP contribution in [0.15, 0.2) is 6.07 Å². The van der Waals surface area contributed by atoms with Crippen molar-refractivity contribution in [1.29, 1.82) is 0 Å². The van der Waals surface area contributed by atoms with E-state index in [1.807, 2.05) is 6.07 Å². The summed E-state index contributed by atoms with van der Waals surface area (Å²) in [6.45, 7) is 4.96. The molecule has 1 aromatic heterocycles. The molecule has 18 heavy (non-hydrogen) atoms. The summed E-state index contributed by atoms with van der Waals surface area (Å²) in [6.07, 6.45) is 3.07. The fraction of sp³-hybridized carbons (Fsp3) is 0.692. The maximum atomic E-state index is 5.85. The minimum atomic E-state index is 0.568. The molecule has 0 aromatic carbocycles. The predicted octanol–water partition coefficient (Wildman–Crippen LogP) is 1.48. The van der Waals surface area contributed by atoms with Crippen LogP contribution in [0.25, 0.3) is 0 Å². The molecule has 0 spiro atoms. The highest BCUT2D eigenvalue weighted by atomic mass is 16.5. The molecule has 0 saturated carbocycles. The van der Waals surface area contributed by atoms with Crippen LogP contribution < -0.4 is 10.6 Å². The minimum Gasteiger partial charge on any atom is -0.384 e. The summed E-state index contributed by atoms with van der Waals surface area (Å²) >= 11 is 0. The lowest BCUT2D eigenvalue weighted by Gasteiger charge is -2.18. The van der Waals surface area contributed by atoms with E-state index in [2.05, 4.69) is 21.8 Å². The maximum Gasteiger partial charge on any atom is 0.134 e. The van der Waals surface area contributed by atoms with Gasteiger partial charge in [0.25, 0.3) is 0 Å². The molecule has 5 heteroatoms. The second-order valence-corrected chi connectivity index (χ2v) is 4.87. The van der Waals surface area contributed by atoms with E-state index in [1.165, 1.54) is 0 Å². The lowest BCUT2D eigenvalue weighted by atomic mass is 10.1. The summed E-state index contributed by atoms with van der Waals surface area (Å²) in [6, 6.07) is 1.87. The largest absolute Gasteiger partial charge is 0.384 e. The molecule has 2 heterocycles. The number of nitrogens with zero attached hydrogens (tertiary/aromatic N) is 3. The fourth-order valence-corrected chi connectivity index (χ4v) is 2.41. The van der Waals surface area contributed by atoms with E-state index >= 15 is 0 Å². The van der Waals surface area contributed by atoms with E-state index in [0.29, 0.717) is 11.7 Å². The zero-order chi connectivity index (χ0) is 13.0. The molecule has 5 nitrogen and oxygen atoms in total. The minimum absolute atomic E-state index is 0.568. The number of rotatable bonds is 5. The molecule has 2 N–H and O–H groups in total. The average molecular weight is 250 g/mol. The fourth-order valence-electron chi connectivity index (χ4n) is 2.41. The van der Waals surface area contributed by atoms with Crippen molar-refractivity contribution in [2.75, 3.05) is 37.4 Å². The van der Waals surface area contributed by atoms with Gasteiger partial charge in [0.05, 0.1) is 6.61 Å². The molecule has 1 fully saturated rings. The molecule has 1 unspecified atom stereocenters. The van der Waals surface area contributed by atoms with E-state index in [4.69, 9.17) is 10.5 Å². The number of nitrogens with two attached hydrogens (primary N) is 1. The lowest BCUT2D eigenvalue weighted by molar-refractivity contribution is 0.161. The van der Waals surface area contributed by atoms with Crippen LogP contribution in [0, 0.1) is 5.92 Å². The van der Waals surface area contributed by atoms with Gasteiger partial charge in [-0.2, -0.15) is 0 Å². The van der Waals surface area contributed by atoms with Gasteiger partial charge >= 0.3 is 0 Å². The molecule has 100 valence electrons. The van der Waals surface area contributed by atoms with Crippen LogP contribution in [0.4, 0.5) is 11.6 Å². The van der Waals surface area contributed by atoms with Gasteiger partial charge in [-0.15, -0.1) is 0 Å². The quantitative estimate of drug-likeness (QED) is 0.857. The molecule has 0 aliphatic carbocycles. The highest BCUT2D eigenvalue weighted by Gasteiger charge is 2.23. The second kappa shape index (κ2) is 6.00. The molecule has 1 atom stereocenters. The average Bonchev–Trinajstić information content (AvgIpc) is 2.78. The van der Waals surface area contributed by atoms with Crippen molar-refractivity contribution in [3.05, 3.63) is 11.9 Å². The normalized spacial score (nSPS) is 19.4. The Balaban J connectivity index is 2.08. The standard InChI is InChI=1S/C13H22N4O/c1-3-4-12-15-11(14)7-13(16-12)17-6-5-10(8-17)9-18-2/h7,10H,3-6,8-9H2,1-2H3,(H2,14,15,16). The smallest absolute Gasteiger partial charge is 0.134 e. The number of aryl methyl sites for hydroxylation is 1. The molecule has 0 bridgehead atoms. The first kappa shape index (κ1) is 13.1. The Morgan fingerprint density at radius 1 is 1.50 bits per heavy atom. The predicted molar refractivity (Wildman–Crippen MR) is 72.6 cm³/mol. The number of methoxy groups -OCH3 is 1. The number of anilines is 2. The molecule has 2 rings (SSSR count). The Labute approximate surface area is 108 Å². The lowest BCUT2D eigenvalue weighted by Crippen LogP contribution is -2.23. The van der Waals surface area contributed by atoms with Crippen LogP contribution in [0.3, 0.4) is 0 Å². The number of aromatic nitrogens is 2. The van der Waals surface area contributed by atoms with Gasteiger partial charge in [-0.25, -0.2) is 9.97 Å². The molecule has 1 aliphatic rings. The number of hydrogen-bond acceptors (Lipinski definition) is 5. The van der Waals surface area contributed by atoms with E-state index < -0.39 is 0 Å². The van der Waals surface area contributed by atoms with Crippen LogP contribution in [-0.4, -0.2) is 36.8 Å².